The van der Waals surface area contributed by atoms with Gasteiger partial charge < -0.3 is 9.64 Å². The topological polar surface area (TPSA) is 29.5 Å². The smallest absolute Gasteiger partial charge is 0.223 e. The largest absolute Gasteiger partial charge is 0.378 e. The minimum atomic E-state index is -0.0489. The van der Waals surface area contributed by atoms with Gasteiger partial charge in [0.05, 0.1) is 6.10 Å². The van der Waals surface area contributed by atoms with Crippen LogP contribution in [0, 0.1) is 11.3 Å². The molecule has 2 heterocycles. The van der Waals surface area contributed by atoms with Crippen molar-refractivity contribution in [1.29, 1.82) is 0 Å². The number of nitrogens with zero attached hydrogens (tertiary/aromatic N) is 1. The van der Waals surface area contributed by atoms with E-state index >= 15 is 0 Å². The van der Waals surface area contributed by atoms with Crippen LogP contribution < -0.4 is 0 Å². The Hall–Kier alpha value is -1.06. The zero-order valence-corrected chi connectivity index (χ0v) is 16.9. The van der Waals surface area contributed by atoms with E-state index in [0.29, 0.717) is 18.2 Å². The van der Waals surface area contributed by atoms with Gasteiger partial charge in [0.1, 0.15) is 0 Å². The molecule has 0 saturated carbocycles. The third kappa shape index (κ3) is 4.80. The fraction of sp³-hybridized carbons (Fsp3) is 0.682. The second-order valence-corrected chi connectivity index (χ2v) is 8.90. The lowest BCUT2D eigenvalue weighted by Crippen LogP contribution is -2.44. The number of rotatable bonds is 5. The van der Waals surface area contributed by atoms with Crippen LogP contribution in [0.1, 0.15) is 57.9 Å². The third-order valence-corrected chi connectivity index (χ3v) is 6.47. The first-order valence-electron chi connectivity index (χ1n) is 10.1. The van der Waals surface area contributed by atoms with Gasteiger partial charge in [-0.3, -0.25) is 4.79 Å². The van der Waals surface area contributed by atoms with Crippen molar-refractivity contribution in [3.63, 3.8) is 0 Å². The number of benzene rings is 1. The number of halogens is 1. The molecule has 144 valence electrons. The first-order chi connectivity index (χ1) is 12.5. The van der Waals surface area contributed by atoms with Gasteiger partial charge in [-0.25, -0.2) is 0 Å². The van der Waals surface area contributed by atoms with E-state index in [2.05, 4.69) is 24.8 Å². The van der Waals surface area contributed by atoms with Gasteiger partial charge in [0.25, 0.3) is 0 Å². The van der Waals surface area contributed by atoms with Crippen molar-refractivity contribution >= 4 is 17.5 Å². The van der Waals surface area contributed by atoms with E-state index in [1.54, 1.807) is 0 Å². The van der Waals surface area contributed by atoms with Gasteiger partial charge in [-0.1, -0.05) is 43.6 Å². The van der Waals surface area contributed by atoms with Gasteiger partial charge in [-0.2, -0.15) is 0 Å². The molecular formula is C22H32ClNO2. The molecule has 2 atom stereocenters. The second-order valence-electron chi connectivity index (χ2n) is 8.49. The zero-order valence-electron chi connectivity index (χ0n) is 16.2. The first kappa shape index (κ1) is 19.7. The maximum atomic E-state index is 13.1. The van der Waals surface area contributed by atoms with E-state index in [1.165, 1.54) is 6.42 Å². The van der Waals surface area contributed by atoms with Crippen molar-refractivity contribution in [3.05, 3.63) is 34.9 Å². The molecule has 2 saturated heterocycles. The fourth-order valence-corrected chi connectivity index (χ4v) is 4.65. The van der Waals surface area contributed by atoms with E-state index in [4.69, 9.17) is 16.3 Å². The summed E-state index contributed by atoms with van der Waals surface area (Å²) in [4.78, 5) is 15.2. The molecule has 3 rings (SSSR count). The normalized spacial score (nSPS) is 26.9. The molecular weight excluding hydrogens is 346 g/mol. The quantitative estimate of drug-likeness (QED) is 0.713. The Balaban J connectivity index is 1.81. The van der Waals surface area contributed by atoms with E-state index in [1.807, 2.05) is 18.2 Å². The number of likely N-dealkylation sites (tertiary alicyclic amines) is 1. The highest BCUT2D eigenvalue weighted by Crippen LogP contribution is 2.43. The molecule has 0 aromatic heterocycles. The molecule has 0 spiro atoms. The molecule has 0 N–H and O–H groups in total. The summed E-state index contributed by atoms with van der Waals surface area (Å²) in [5.74, 6) is 0.784. The average Bonchev–Trinajstić information content (AvgIpc) is 2.64. The zero-order chi connectivity index (χ0) is 18.6. The number of piperidine rings is 1. The standard InChI is InChI=1S/C22H32ClNO2/c1-17(2)20-15-22(10-13-26-20,14-18-8-4-5-9-19(18)23)16-21(25)24-11-6-3-7-12-24/h4-5,8-9,17,20H,3,6-7,10-16H2,1-2H3/t20-,22+/m0/s1. The lowest BCUT2D eigenvalue weighted by Gasteiger charge is -2.43. The van der Waals surface area contributed by atoms with E-state index in [0.717, 1.165) is 62.4 Å². The van der Waals surface area contributed by atoms with Crippen LogP contribution in [0.25, 0.3) is 0 Å². The van der Waals surface area contributed by atoms with E-state index < -0.39 is 0 Å². The highest BCUT2D eigenvalue weighted by molar-refractivity contribution is 6.31. The predicted molar refractivity (Wildman–Crippen MR) is 106 cm³/mol. The number of hydrogen-bond acceptors (Lipinski definition) is 2. The fourth-order valence-electron chi connectivity index (χ4n) is 4.45. The van der Waals surface area contributed by atoms with Crippen molar-refractivity contribution in [2.24, 2.45) is 11.3 Å². The molecule has 3 nitrogen and oxygen atoms in total. The Bertz CT molecular complexity index is 612. The summed E-state index contributed by atoms with van der Waals surface area (Å²) in [5, 5.41) is 0.810. The molecule has 2 aliphatic rings. The number of hydrogen-bond donors (Lipinski definition) is 0. The van der Waals surface area contributed by atoms with Crippen LogP contribution in [0.5, 0.6) is 0 Å². The van der Waals surface area contributed by atoms with E-state index in [9.17, 15) is 4.79 Å². The Kier molecular flexibility index (Phi) is 6.63. The third-order valence-electron chi connectivity index (χ3n) is 6.10. The molecule has 0 bridgehead atoms. The van der Waals surface area contributed by atoms with Crippen LogP contribution in [0.4, 0.5) is 0 Å². The minimum absolute atomic E-state index is 0.0489. The maximum Gasteiger partial charge on any atom is 0.223 e. The van der Waals surface area contributed by atoms with Gasteiger partial charge in [-0.05, 0) is 61.5 Å². The molecule has 1 aromatic carbocycles. The summed E-state index contributed by atoms with van der Waals surface area (Å²) < 4.78 is 6.03. The van der Waals surface area contributed by atoms with Gasteiger partial charge in [0.2, 0.25) is 5.91 Å². The minimum Gasteiger partial charge on any atom is -0.378 e. The number of carbonyl (C=O) groups is 1. The molecule has 4 heteroatoms. The highest BCUT2D eigenvalue weighted by atomic mass is 35.5. The molecule has 0 radical (unpaired) electrons. The second kappa shape index (κ2) is 8.75. The molecule has 0 aliphatic carbocycles. The molecule has 0 unspecified atom stereocenters. The van der Waals surface area contributed by atoms with Crippen molar-refractivity contribution in [3.8, 4) is 0 Å². The van der Waals surface area contributed by atoms with Crippen molar-refractivity contribution in [2.75, 3.05) is 19.7 Å². The monoisotopic (exact) mass is 377 g/mol. The Morgan fingerprint density at radius 3 is 2.69 bits per heavy atom. The van der Waals surface area contributed by atoms with E-state index in [-0.39, 0.29) is 11.5 Å². The molecule has 1 aromatic rings. The summed E-state index contributed by atoms with van der Waals surface area (Å²) in [7, 11) is 0. The number of carbonyl (C=O) groups excluding carboxylic acids is 1. The predicted octanol–water partition coefficient (Wildman–Crippen LogP) is 5.11. The summed E-state index contributed by atoms with van der Waals surface area (Å²) in [6, 6.07) is 8.07. The summed E-state index contributed by atoms with van der Waals surface area (Å²) in [6.07, 6.45) is 7.10. The van der Waals surface area contributed by atoms with Crippen LogP contribution in [0.15, 0.2) is 24.3 Å². The molecule has 1 amide bonds. The van der Waals surface area contributed by atoms with Crippen LogP contribution in [-0.2, 0) is 16.0 Å². The summed E-state index contributed by atoms with van der Waals surface area (Å²) >= 11 is 6.46. The van der Waals surface area contributed by atoms with Gasteiger partial charge in [0.15, 0.2) is 0 Å². The van der Waals surface area contributed by atoms with Crippen LogP contribution >= 0.6 is 11.6 Å². The lowest BCUT2D eigenvalue weighted by atomic mass is 9.69. The van der Waals surface area contributed by atoms with Crippen molar-refractivity contribution in [2.45, 2.75) is 64.9 Å². The lowest BCUT2D eigenvalue weighted by molar-refractivity contribution is -0.139. The molecule has 2 fully saturated rings. The van der Waals surface area contributed by atoms with Gasteiger partial charge in [0, 0.05) is 31.1 Å². The van der Waals surface area contributed by atoms with Crippen LogP contribution in [0.3, 0.4) is 0 Å². The summed E-state index contributed by atoms with van der Waals surface area (Å²) in [5.41, 5.74) is 1.11. The van der Waals surface area contributed by atoms with Crippen LogP contribution in [0.2, 0.25) is 5.02 Å². The van der Waals surface area contributed by atoms with Gasteiger partial charge in [-0.15, -0.1) is 0 Å². The van der Waals surface area contributed by atoms with Crippen molar-refractivity contribution in [1.82, 2.24) is 4.90 Å². The Labute approximate surface area is 163 Å². The molecule has 26 heavy (non-hydrogen) atoms. The average molecular weight is 378 g/mol. The maximum absolute atomic E-state index is 13.1. The highest BCUT2D eigenvalue weighted by Gasteiger charge is 2.41. The Morgan fingerprint density at radius 1 is 1.27 bits per heavy atom. The first-order valence-corrected chi connectivity index (χ1v) is 10.5. The number of ether oxygens (including phenoxy) is 1. The Morgan fingerprint density at radius 2 is 2.00 bits per heavy atom. The van der Waals surface area contributed by atoms with Crippen molar-refractivity contribution < 1.29 is 9.53 Å². The van der Waals surface area contributed by atoms with Gasteiger partial charge >= 0.3 is 0 Å². The SMILES string of the molecule is CC(C)[C@@H]1C[C@](CC(=O)N2CCCCC2)(Cc2ccccc2Cl)CCO1. The number of amides is 1. The summed E-state index contributed by atoms with van der Waals surface area (Å²) in [6.45, 7) is 7.00. The van der Waals surface area contributed by atoms with Crippen LogP contribution in [-0.4, -0.2) is 36.6 Å². The molecule has 2 aliphatic heterocycles.